The van der Waals surface area contributed by atoms with Crippen molar-refractivity contribution in [3.63, 3.8) is 0 Å². The van der Waals surface area contributed by atoms with E-state index >= 15 is 0 Å². The van der Waals surface area contributed by atoms with Gasteiger partial charge in [-0.25, -0.2) is 0 Å². The van der Waals surface area contributed by atoms with Crippen LogP contribution in [0.25, 0.3) is 0 Å². The van der Waals surface area contributed by atoms with Gasteiger partial charge in [0.05, 0.1) is 6.42 Å². The number of amides is 1. The van der Waals surface area contributed by atoms with E-state index < -0.39 is 5.97 Å². The van der Waals surface area contributed by atoms with Gasteiger partial charge in [-0.05, 0) is 24.3 Å². The predicted octanol–water partition coefficient (Wildman–Crippen LogP) is 2.17. The molecule has 0 aliphatic heterocycles. The van der Waals surface area contributed by atoms with Crippen LogP contribution in [-0.2, 0) is 9.59 Å². The van der Waals surface area contributed by atoms with Gasteiger partial charge < -0.3 is 10.0 Å². The van der Waals surface area contributed by atoms with Crippen LogP contribution in [-0.4, -0.2) is 24.0 Å². The van der Waals surface area contributed by atoms with Gasteiger partial charge in [0.15, 0.2) is 0 Å². The zero-order valence-electron chi connectivity index (χ0n) is 8.81. The molecule has 0 heterocycles. The first-order chi connectivity index (χ1) is 7.50. The Morgan fingerprint density at radius 2 is 1.81 bits per heavy atom. The minimum atomic E-state index is -0.974. The van der Waals surface area contributed by atoms with Crippen LogP contribution in [0.5, 0.6) is 0 Å². The molecule has 0 radical (unpaired) electrons. The minimum absolute atomic E-state index is 0.00550. The zero-order chi connectivity index (χ0) is 12.1. The Balaban J connectivity index is 2.63. The van der Waals surface area contributed by atoms with Gasteiger partial charge in [-0.3, -0.25) is 9.59 Å². The lowest BCUT2D eigenvalue weighted by molar-refractivity contribution is -0.138. The summed E-state index contributed by atoms with van der Waals surface area (Å²) in [7, 11) is 1.60. The molecule has 0 unspecified atom stereocenters. The number of nitrogens with zero attached hydrogens (tertiary/aromatic N) is 1. The van der Waals surface area contributed by atoms with E-state index in [4.69, 9.17) is 16.7 Å². The second kappa shape index (κ2) is 5.51. The number of carboxylic acids is 1. The van der Waals surface area contributed by atoms with E-state index in [1.807, 2.05) is 0 Å². The summed E-state index contributed by atoms with van der Waals surface area (Å²) in [6.07, 6.45) is -0.161. The van der Waals surface area contributed by atoms with E-state index in [1.54, 1.807) is 31.3 Å². The van der Waals surface area contributed by atoms with Gasteiger partial charge in [0.25, 0.3) is 0 Å². The lowest BCUT2D eigenvalue weighted by Crippen LogP contribution is -2.26. The summed E-state index contributed by atoms with van der Waals surface area (Å²) >= 11 is 5.72. The summed E-state index contributed by atoms with van der Waals surface area (Å²) in [6.45, 7) is 0. The normalized spacial score (nSPS) is 9.88. The number of halogens is 1. The Bertz CT molecular complexity index is 389. The molecule has 5 heteroatoms. The highest BCUT2D eigenvalue weighted by Gasteiger charge is 2.12. The number of aliphatic carboxylic acids is 1. The predicted molar refractivity (Wildman–Crippen MR) is 61.7 cm³/mol. The van der Waals surface area contributed by atoms with Crippen LogP contribution < -0.4 is 4.90 Å². The molecule has 0 saturated heterocycles. The number of carbonyl (C=O) groups excluding carboxylic acids is 1. The monoisotopic (exact) mass is 241 g/mol. The minimum Gasteiger partial charge on any atom is -0.481 e. The highest BCUT2D eigenvalue weighted by Crippen LogP contribution is 2.17. The molecule has 86 valence electrons. The van der Waals surface area contributed by atoms with E-state index in [2.05, 4.69) is 0 Å². The third-order valence-electron chi connectivity index (χ3n) is 2.14. The summed E-state index contributed by atoms with van der Waals surface area (Å²) in [5.41, 5.74) is 0.694. The Labute approximate surface area is 98.4 Å². The van der Waals surface area contributed by atoms with Crippen molar-refractivity contribution < 1.29 is 14.7 Å². The maximum atomic E-state index is 11.6. The average Bonchev–Trinajstić information content (AvgIpc) is 2.26. The number of carboxylic acid groups (broad SMARTS) is 1. The molecule has 1 aromatic rings. The lowest BCUT2D eigenvalue weighted by Gasteiger charge is -2.16. The number of rotatable bonds is 4. The zero-order valence-corrected chi connectivity index (χ0v) is 9.57. The van der Waals surface area contributed by atoms with Crippen molar-refractivity contribution >= 4 is 29.2 Å². The molecule has 0 aliphatic rings. The Morgan fingerprint density at radius 3 is 2.31 bits per heavy atom. The third kappa shape index (κ3) is 3.55. The molecule has 1 aromatic carbocycles. The number of carbonyl (C=O) groups is 2. The van der Waals surface area contributed by atoms with Crippen LogP contribution in [0.1, 0.15) is 12.8 Å². The molecular formula is C11H12ClNO3. The standard InChI is InChI=1S/C11H12ClNO3/c1-13(10(14)6-7-11(15)16)9-4-2-8(12)3-5-9/h2-5H,6-7H2,1H3,(H,15,16). The molecule has 0 spiro atoms. The summed E-state index contributed by atoms with van der Waals surface area (Å²) in [5.74, 6) is -1.21. The Hall–Kier alpha value is -1.55. The van der Waals surface area contributed by atoms with Crippen LogP contribution in [0.3, 0.4) is 0 Å². The molecule has 0 bridgehead atoms. The Morgan fingerprint density at radius 1 is 1.25 bits per heavy atom. The van der Waals surface area contributed by atoms with Crippen molar-refractivity contribution in [1.29, 1.82) is 0 Å². The molecule has 16 heavy (non-hydrogen) atoms. The maximum Gasteiger partial charge on any atom is 0.303 e. The van der Waals surface area contributed by atoms with Crippen LogP contribution in [0, 0.1) is 0 Å². The molecule has 1 amide bonds. The fraction of sp³-hybridized carbons (Fsp3) is 0.273. The van der Waals surface area contributed by atoms with Crippen molar-refractivity contribution in [1.82, 2.24) is 0 Å². The van der Waals surface area contributed by atoms with Crippen LogP contribution >= 0.6 is 11.6 Å². The van der Waals surface area contributed by atoms with Crippen molar-refractivity contribution in [2.45, 2.75) is 12.8 Å². The topological polar surface area (TPSA) is 57.6 Å². The van der Waals surface area contributed by atoms with Gasteiger partial charge in [0.1, 0.15) is 0 Å². The Kier molecular flexibility index (Phi) is 4.31. The van der Waals surface area contributed by atoms with Crippen LogP contribution in [0.15, 0.2) is 24.3 Å². The first-order valence-corrected chi connectivity index (χ1v) is 5.12. The highest BCUT2D eigenvalue weighted by molar-refractivity contribution is 6.30. The first-order valence-electron chi connectivity index (χ1n) is 4.74. The molecular weight excluding hydrogens is 230 g/mol. The lowest BCUT2D eigenvalue weighted by atomic mass is 10.2. The van der Waals surface area contributed by atoms with Crippen molar-refractivity contribution in [2.75, 3.05) is 11.9 Å². The van der Waals surface area contributed by atoms with Crippen LogP contribution in [0.2, 0.25) is 5.02 Å². The van der Waals surface area contributed by atoms with E-state index in [0.717, 1.165) is 0 Å². The van der Waals surface area contributed by atoms with Gasteiger partial charge in [0, 0.05) is 24.2 Å². The summed E-state index contributed by atoms with van der Waals surface area (Å²) < 4.78 is 0. The van der Waals surface area contributed by atoms with Gasteiger partial charge >= 0.3 is 5.97 Å². The number of benzene rings is 1. The number of anilines is 1. The van der Waals surface area contributed by atoms with E-state index in [-0.39, 0.29) is 18.7 Å². The first kappa shape index (κ1) is 12.5. The molecule has 1 N–H and O–H groups in total. The van der Waals surface area contributed by atoms with Crippen molar-refractivity contribution in [2.24, 2.45) is 0 Å². The molecule has 4 nitrogen and oxygen atoms in total. The second-order valence-electron chi connectivity index (χ2n) is 3.32. The van der Waals surface area contributed by atoms with Crippen LogP contribution in [0.4, 0.5) is 5.69 Å². The van der Waals surface area contributed by atoms with Crippen molar-refractivity contribution in [3.8, 4) is 0 Å². The smallest absolute Gasteiger partial charge is 0.303 e. The van der Waals surface area contributed by atoms with Gasteiger partial charge in [-0.1, -0.05) is 11.6 Å². The maximum absolute atomic E-state index is 11.6. The van der Waals surface area contributed by atoms with Crippen molar-refractivity contribution in [3.05, 3.63) is 29.3 Å². The number of hydrogen-bond donors (Lipinski definition) is 1. The second-order valence-corrected chi connectivity index (χ2v) is 3.76. The van der Waals surface area contributed by atoms with E-state index in [1.165, 1.54) is 4.90 Å². The average molecular weight is 242 g/mol. The highest BCUT2D eigenvalue weighted by atomic mass is 35.5. The third-order valence-corrected chi connectivity index (χ3v) is 2.39. The van der Waals surface area contributed by atoms with Gasteiger partial charge in [0.2, 0.25) is 5.91 Å². The molecule has 0 aliphatic carbocycles. The fourth-order valence-electron chi connectivity index (χ4n) is 1.19. The van der Waals surface area contributed by atoms with E-state index in [0.29, 0.717) is 10.7 Å². The SMILES string of the molecule is CN(C(=O)CCC(=O)O)c1ccc(Cl)cc1. The van der Waals surface area contributed by atoms with E-state index in [9.17, 15) is 9.59 Å². The van der Waals surface area contributed by atoms with Gasteiger partial charge in [-0.2, -0.15) is 0 Å². The molecule has 1 rings (SSSR count). The molecule has 0 saturated carbocycles. The quantitative estimate of drug-likeness (QED) is 0.879. The fourth-order valence-corrected chi connectivity index (χ4v) is 1.32. The number of hydrogen-bond acceptors (Lipinski definition) is 2. The molecule has 0 atom stereocenters. The van der Waals surface area contributed by atoms with Gasteiger partial charge in [-0.15, -0.1) is 0 Å². The molecule has 0 aromatic heterocycles. The summed E-state index contributed by atoms with van der Waals surface area (Å²) in [6, 6.07) is 6.78. The molecule has 0 fully saturated rings. The summed E-state index contributed by atoms with van der Waals surface area (Å²) in [5, 5.41) is 9.06. The summed E-state index contributed by atoms with van der Waals surface area (Å²) in [4.78, 5) is 23.3. The largest absolute Gasteiger partial charge is 0.481 e.